The molecule has 6 rings (SSSR count). The Bertz CT molecular complexity index is 1210. The molecule has 8 heteroatoms. The first-order chi connectivity index (χ1) is 16.1. The van der Waals surface area contributed by atoms with Gasteiger partial charge in [0.15, 0.2) is 5.01 Å². The highest BCUT2D eigenvalue weighted by atomic mass is 35.5. The lowest BCUT2D eigenvalue weighted by Gasteiger charge is -2.46. The molecule has 0 bridgehead atoms. The van der Waals surface area contributed by atoms with Gasteiger partial charge in [0.1, 0.15) is 10.0 Å². The molecule has 33 heavy (non-hydrogen) atoms. The maximum atomic E-state index is 13.7. The first-order valence-corrected chi connectivity index (χ1v) is 12.6. The van der Waals surface area contributed by atoms with E-state index in [1.165, 1.54) is 22.5 Å². The minimum Gasteiger partial charge on any atom is -0.331 e. The van der Waals surface area contributed by atoms with E-state index in [4.69, 9.17) is 16.6 Å². The van der Waals surface area contributed by atoms with Gasteiger partial charge >= 0.3 is 0 Å². The number of nitrogens with one attached hydrogen (secondary N) is 2. The predicted molar refractivity (Wildman–Crippen MR) is 132 cm³/mol. The van der Waals surface area contributed by atoms with Crippen molar-refractivity contribution in [2.75, 3.05) is 19.6 Å². The Morgan fingerprint density at radius 3 is 2.91 bits per heavy atom. The van der Waals surface area contributed by atoms with E-state index in [2.05, 4.69) is 41.9 Å². The maximum Gasteiger partial charge on any atom is 0.283 e. The standard InChI is InChI=1S/C25H26ClN5OS/c1-16-20(19-8-4-5-13-31(19)29-16)21-22(26)33-23(28-21)24(32)30-14-17-6-2-3-7-18(17)25(15-30)9-11-27-12-10-25/h2-8,13,16,27,29H,9-12,14-15H2,1H3. The van der Waals surface area contributed by atoms with Crippen molar-refractivity contribution in [1.29, 1.82) is 0 Å². The number of hydrogen-bond donors (Lipinski definition) is 2. The smallest absolute Gasteiger partial charge is 0.283 e. The zero-order valence-corrected chi connectivity index (χ0v) is 20.0. The van der Waals surface area contributed by atoms with Gasteiger partial charge in [0.25, 0.3) is 5.91 Å². The van der Waals surface area contributed by atoms with Crippen molar-refractivity contribution in [3.8, 4) is 0 Å². The largest absolute Gasteiger partial charge is 0.331 e. The second kappa shape index (κ2) is 8.09. The van der Waals surface area contributed by atoms with E-state index >= 15 is 0 Å². The third-order valence-electron chi connectivity index (χ3n) is 7.22. The highest BCUT2D eigenvalue weighted by molar-refractivity contribution is 7.17. The number of hydrazine groups is 1. The fourth-order valence-electron chi connectivity index (χ4n) is 5.65. The molecule has 1 atom stereocenters. The molecule has 5 heterocycles. The number of allylic oxidation sites excluding steroid dienone is 3. The SMILES string of the molecule is CC1NN2C=CC=CC2=C1c1nc(C(=O)N2Cc3ccccc3C3(CCNCC3)C2)sc1Cl. The summed E-state index contributed by atoms with van der Waals surface area (Å²) in [6, 6.07) is 8.65. The number of carbonyl (C=O) groups is 1. The number of benzene rings is 1. The average Bonchev–Trinajstić information content (AvgIpc) is 3.37. The van der Waals surface area contributed by atoms with Crippen molar-refractivity contribution in [1.82, 2.24) is 25.6 Å². The molecule has 1 amide bonds. The summed E-state index contributed by atoms with van der Waals surface area (Å²) in [6.07, 6.45) is 10.1. The maximum absolute atomic E-state index is 13.7. The number of fused-ring (bicyclic) bond motifs is 3. The topological polar surface area (TPSA) is 60.5 Å². The number of nitrogens with zero attached hydrogens (tertiary/aromatic N) is 3. The first kappa shape index (κ1) is 21.1. The molecule has 2 aromatic rings. The van der Waals surface area contributed by atoms with E-state index in [9.17, 15) is 4.79 Å². The monoisotopic (exact) mass is 479 g/mol. The number of piperidine rings is 1. The Labute approximate surface area is 202 Å². The van der Waals surface area contributed by atoms with Crippen LogP contribution in [0.1, 0.15) is 46.4 Å². The van der Waals surface area contributed by atoms with Crippen molar-refractivity contribution in [2.24, 2.45) is 0 Å². The van der Waals surface area contributed by atoms with E-state index in [0.29, 0.717) is 21.6 Å². The average molecular weight is 480 g/mol. The third-order valence-corrected chi connectivity index (χ3v) is 8.46. The van der Waals surface area contributed by atoms with Crippen LogP contribution in [-0.4, -0.2) is 46.5 Å². The Hall–Kier alpha value is -2.45. The molecule has 0 radical (unpaired) electrons. The molecule has 0 aliphatic carbocycles. The van der Waals surface area contributed by atoms with Crippen LogP contribution in [0.2, 0.25) is 4.34 Å². The Morgan fingerprint density at radius 2 is 2.06 bits per heavy atom. The van der Waals surface area contributed by atoms with Gasteiger partial charge in [0.2, 0.25) is 0 Å². The summed E-state index contributed by atoms with van der Waals surface area (Å²) in [6.45, 7) is 5.38. The van der Waals surface area contributed by atoms with Gasteiger partial charge in [0, 0.05) is 30.3 Å². The molecule has 1 aromatic carbocycles. The molecule has 4 aliphatic heterocycles. The fourth-order valence-corrected chi connectivity index (χ4v) is 6.79. The van der Waals surface area contributed by atoms with E-state index in [-0.39, 0.29) is 17.4 Å². The van der Waals surface area contributed by atoms with Crippen molar-refractivity contribution >= 4 is 34.4 Å². The van der Waals surface area contributed by atoms with Crippen LogP contribution in [0.25, 0.3) is 5.57 Å². The van der Waals surface area contributed by atoms with Gasteiger partial charge in [-0.3, -0.25) is 9.80 Å². The van der Waals surface area contributed by atoms with Gasteiger partial charge in [-0.15, -0.1) is 0 Å². The van der Waals surface area contributed by atoms with Crippen molar-refractivity contribution in [3.05, 3.63) is 80.6 Å². The summed E-state index contributed by atoms with van der Waals surface area (Å²) in [5, 5.41) is 5.93. The van der Waals surface area contributed by atoms with Crippen LogP contribution >= 0.6 is 22.9 Å². The third kappa shape index (κ3) is 3.46. The van der Waals surface area contributed by atoms with Gasteiger partial charge in [-0.1, -0.05) is 53.3 Å². The van der Waals surface area contributed by atoms with Crippen molar-refractivity contribution in [3.63, 3.8) is 0 Å². The fraction of sp³-hybridized carbons (Fsp3) is 0.360. The van der Waals surface area contributed by atoms with Crippen LogP contribution in [0.15, 0.2) is 54.4 Å². The molecule has 1 fully saturated rings. The van der Waals surface area contributed by atoms with Crippen molar-refractivity contribution in [2.45, 2.75) is 37.8 Å². The van der Waals surface area contributed by atoms with E-state index in [1.807, 2.05) is 34.3 Å². The lowest BCUT2D eigenvalue weighted by Crippen LogP contribution is -2.52. The molecule has 6 nitrogen and oxygen atoms in total. The zero-order chi connectivity index (χ0) is 22.6. The molecular weight excluding hydrogens is 454 g/mol. The van der Waals surface area contributed by atoms with Gasteiger partial charge in [-0.25, -0.2) is 10.4 Å². The lowest BCUT2D eigenvalue weighted by atomic mass is 9.69. The molecule has 2 N–H and O–H groups in total. The number of aromatic nitrogens is 1. The highest BCUT2D eigenvalue weighted by Crippen LogP contribution is 2.42. The van der Waals surface area contributed by atoms with E-state index < -0.39 is 0 Å². The second-order valence-corrected chi connectivity index (χ2v) is 10.8. The van der Waals surface area contributed by atoms with Crippen LogP contribution in [0, 0.1) is 0 Å². The first-order valence-electron chi connectivity index (χ1n) is 11.5. The molecule has 1 aromatic heterocycles. The van der Waals surface area contributed by atoms with Crippen molar-refractivity contribution < 1.29 is 4.79 Å². The summed E-state index contributed by atoms with van der Waals surface area (Å²) < 4.78 is 0.563. The quantitative estimate of drug-likeness (QED) is 0.679. The van der Waals surface area contributed by atoms with Gasteiger partial charge < -0.3 is 10.2 Å². The van der Waals surface area contributed by atoms with Crippen LogP contribution in [0.5, 0.6) is 0 Å². The van der Waals surface area contributed by atoms with Gasteiger partial charge in [-0.05, 0) is 56.1 Å². The normalized spacial score (nSPS) is 23.3. The van der Waals surface area contributed by atoms with Gasteiger partial charge in [0.05, 0.1) is 11.7 Å². The number of halogens is 1. The summed E-state index contributed by atoms with van der Waals surface area (Å²) in [5.41, 5.74) is 8.82. The lowest BCUT2D eigenvalue weighted by molar-refractivity contribution is 0.0641. The predicted octanol–water partition coefficient (Wildman–Crippen LogP) is 4.08. The highest BCUT2D eigenvalue weighted by Gasteiger charge is 2.42. The molecule has 0 saturated carbocycles. The molecule has 1 unspecified atom stereocenters. The van der Waals surface area contributed by atoms with E-state index in [0.717, 1.165) is 43.7 Å². The summed E-state index contributed by atoms with van der Waals surface area (Å²) >= 11 is 7.97. The molecule has 1 saturated heterocycles. The number of amides is 1. The molecular formula is C25H26ClN5OS. The summed E-state index contributed by atoms with van der Waals surface area (Å²) in [7, 11) is 0. The van der Waals surface area contributed by atoms with Crippen LogP contribution in [0.3, 0.4) is 0 Å². The van der Waals surface area contributed by atoms with Gasteiger partial charge in [-0.2, -0.15) is 0 Å². The number of thiazole rings is 1. The Kier molecular flexibility index (Phi) is 5.18. The number of carbonyl (C=O) groups excluding carboxylic acids is 1. The zero-order valence-electron chi connectivity index (χ0n) is 18.5. The summed E-state index contributed by atoms with van der Waals surface area (Å²) in [5.74, 6) is -0.0271. The molecule has 1 spiro atoms. The Morgan fingerprint density at radius 1 is 1.24 bits per heavy atom. The molecule has 170 valence electrons. The second-order valence-electron chi connectivity index (χ2n) is 9.21. The summed E-state index contributed by atoms with van der Waals surface area (Å²) in [4.78, 5) is 20.5. The number of hydrogen-bond acceptors (Lipinski definition) is 6. The Balaban J connectivity index is 1.34. The number of rotatable bonds is 2. The molecule has 4 aliphatic rings. The van der Waals surface area contributed by atoms with E-state index in [1.54, 1.807) is 0 Å². The van der Waals surface area contributed by atoms with Crippen LogP contribution in [0.4, 0.5) is 0 Å². The van der Waals surface area contributed by atoms with Crippen LogP contribution in [-0.2, 0) is 12.0 Å². The van der Waals surface area contributed by atoms with Crippen LogP contribution < -0.4 is 10.7 Å². The minimum atomic E-state index is -0.0271. The minimum absolute atomic E-state index is 0.00779.